The fraction of sp³-hybridized carbons (Fsp3) is 0.218. The molecule has 3 nitrogen and oxygen atoms in total. The van der Waals surface area contributed by atoms with Crippen LogP contribution in [0, 0.1) is 37.5 Å². The van der Waals surface area contributed by atoms with Gasteiger partial charge in [-0.25, -0.2) is 15.0 Å². The number of rotatable bonds is 5. The first kappa shape index (κ1) is 33.9. The van der Waals surface area contributed by atoms with Gasteiger partial charge < -0.3 is 0 Å². The van der Waals surface area contributed by atoms with Crippen LogP contribution in [-0.2, 0) is 5.41 Å². The Kier molecular flexibility index (Phi) is 7.55. The largest absolute Gasteiger partial charge is 0.208 e. The Balaban J connectivity index is 1.07. The zero-order valence-electron chi connectivity index (χ0n) is 33.1. The fourth-order valence-electron chi connectivity index (χ4n) is 12.0. The van der Waals surface area contributed by atoms with Crippen LogP contribution < -0.4 is 0 Å². The molecule has 0 unspecified atom stereocenters. The molecule has 4 saturated carbocycles. The van der Waals surface area contributed by atoms with Crippen LogP contribution in [0.25, 0.3) is 78.3 Å². The number of aromatic nitrogens is 3. The molecule has 1 aromatic heterocycles. The van der Waals surface area contributed by atoms with Gasteiger partial charge in [0.2, 0.25) is 0 Å². The molecule has 280 valence electrons. The number of nitrogens with zero attached hydrogens (tertiary/aromatic N) is 3. The van der Waals surface area contributed by atoms with Crippen LogP contribution in [0.5, 0.6) is 0 Å². The third-order valence-corrected chi connectivity index (χ3v) is 14.4. The van der Waals surface area contributed by atoms with E-state index in [2.05, 4.69) is 166 Å². The summed E-state index contributed by atoms with van der Waals surface area (Å²) in [5.41, 5.74) is 16.3. The molecule has 1 heterocycles. The van der Waals surface area contributed by atoms with Crippen LogP contribution >= 0.6 is 0 Å². The average molecular weight is 748 g/mol. The second kappa shape index (κ2) is 12.9. The van der Waals surface area contributed by atoms with E-state index in [4.69, 9.17) is 15.0 Å². The lowest BCUT2D eigenvalue weighted by Gasteiger charge is -2.61. The smallest absolute Gasteiger partial charge is 0.164 e. The summed E-state index contributed by atoms with van der Waals surface area (Å²) in [7, 11) is 0. The molecule has 5 aliphatic rings. The lowest BCUT2D eigenvalue weighted by Crippen LogP contribution is -2.55. The van der Waals surface area contributed by atoms with E-state index in [1.165, 1.54) is 81.8 Å². The predicted octanol–water partition coefficient (Wildman–Crippen LogP) is 13.7. The molecular formula is C55H45N3. The first-order valence-corrected chi connectivity index (χ1v) is 21.3. The fourth-order valence-corrected chi connectivity index (χ4v) is 12.0. The number of hydrogen-bond donors (Lipinski definition) is 0. The van der Waals surface area contributed by atoms with E-state index in [-0.39, 0.29) is 5.41 Å². The Hall–Kier alpha value is -6.19. The van der Waals surface area contributed by atoms with Gasteiger partial charge in [0.25, 0.3) is 0 Å². The highest BCUT2D eigenvalue weighted by atomic mass is 15.0. The van der Waals surface area contributed by atoms with Gasteiger partial charge in [0, 0.05) is 22.1 Å². The second-order valence-electron chi connectivity index (χ2n) is 17.9. The topological polar surface area (TPSA) is 38.7 Å². The number of aryl methyl sites for hydroxylation is 2. The Bertz CT molecular complexity index is 2830. The lowest BCUT2D eigenvalue weighted by molar-refractivity contribution is -0.0399. The highest BCUT2D eigenvalue weighted by Gasteiger charge is 2.61. The third kappa shape index (κ3) is 5.29. The maximum absolute atomic E-state index is 5.25. The molecule has 3 heteroatoms. The minimum absolute atomic E-state index is 0.105. The molecule has 4 fully saturated rings. The molecular weight excluding hydrogens is 703 g/mol. The molecule has 1 spiro atoms. The van der Waals surface area contributed by atoms with Crippen molar-refractivity contribution in [3.05, 3.63) is 174 Å². The van der Waals surface area contributed by atoms with Gasteiger partial charge in [-0.2, -0.15) is 0 Å². The van der Waals surface area contributed by atoms with E-state index >= 15 is 0 Å². The zero-order valence-corrected chi connectivity index (χ0v) is 33.1. The molecule has 7 aromatic carbocycles. The first-order chi connectivity index (χ1) is 28.5. The molecule has 0 saturated heterocycles. The molecule has 0 N–H and O–H groups in total. The van der Waals surface area contributed by atoms with Crippen molar-refractivity contribution < 1.29 is 0 Å². The van der Waals surface area contributed by atoms with E-state index in [0.717, 1.165) is 34.1 Å². The molecule has 13 rings (SSSR count). The van der Waals surface area contributed by atoms with Crippen LogP contribution in [0.3, 0.4) is 0 Å². The van der Waals surface area contributed by atoms with Gasteiger partial charge in [-0.05, 0) is 155 Å². The quantitative estimate of drug-likeness (QED) is 0.176. The van der Waals surface area contributed by atoms with Gasteiger partial charge in [0.15, 0.2) is 17.5 Å². The molecule has 5 aliphatic carbocycles. The molecule has 4 bridgehead atoms. The van der Waals surface area contributed by atoms with Gasteiger partial charge >= 0.3 is 0 Å². The molecule has 58 heavy (non-hydrogen) atoms. The molecule has 0 atom stereocenters. The number of benzene rings is 7. The van der Waals surface area contributed by atoms with E-state index in [9.17, 15) is 0 Å². The normalized spacial score (nSPS) is 22.4. The van der Waals surface area contributed by atoms with Crippen molar-refractivity contribution in [2.24, 2.45) is 23.7 Å². The van der Waals surface area contributed by atoms with Crippen molar-refractivity contribution in [3.63, 3.8) is 0 Å². The minimum atomic E-state index is 0.105. The van der Waals surface area contributed by atoms with Gasteiger partial charge in [-0.1, -0.05) is 132 Å². The van der Waals surface area contributed by atoms with Crippen LogP contribution in [0.4, 0.5) is 0 Å². The maximum Gasteiger partial charge on any atom is 0.164 e. The van der Waals surface area contributed by atoms with Crippen molar-refractivity contribution in [2.75, 3.05) is 0 Å². The van der Waals surface area contributed by atoms with E-state index in [0.29, 0.717) is 29.3 Å². The highest BCUT2D eigenvalue weighted by molar-refractivity contribution is 5.90. The summed E-state index contributed by atoms with van der Waals surface area (Å²) in [4.78, 5) is 15.6. The third-order valence-electron chi connectivity index (χ3n) is 14.4. The highest BCUT2D eigenvalue weighted by Crippen LogP contribution is 2.69. The summed E-state index contributed by atoms with van der Waals surface area (Å²) in [6.45, 7) is 4.23. The van der Waals surface area contributed by atoms with Crippen molar-refractivity contribution >= 4 is 10.8 Å². The Labute approximate surface area is 340 Å². The molecule has 0 aliphatic heterocycles. The van der Waals surface area contributed by atoms with Crippen molar-refractivity contribution in [1.82, 2.24) is 15.0 Å². The van der Waals surface area contributed by atoms with Gasteiger partial charge in [-0.3, -0.25) is 0 Å². The molecule has 8 aromatic rings. The average Bonchev–Trinajstić information content (AvgIpc) is 3.55. The van der Waals surface area contributed by atoms with Crippen molar-refractivity contribution in [2.45, 2.75) is 51.4 Å². The maximum atomic E-state index is 5.25. The summed E-state index contributed by atoms with van der Waals surface area (Å²) in [5, 5.41) is 2.47. The van der Waals surface area contributed by atoms with Crippen molar-refractivity contribution in [3.8, 4) is 67.5 Å². The van der Waals surface area contributed by atoms with Crippen LogP contribution in [-0.4, -0.2) is 15.0 Å². The standard InChI is InChI=1S/C55H45N3/c1-33-11-15-38(16-12-33)52-56-53(39-17-13-34(2)14-18-39)58-54(57-52)45-30-43(41-20-19-37-7-3-4-8-40(37)28-41)29-44(31-45)42-21-22-49-48-9-5-6-10-50(48)55(51(49)32-42)46-24-35-23-36(26-46)27-47(55)25-35/h3-22,28-32,35-36,46-47H,23-27H2,1-2H3. The Morgan fingerprint density at radius 2 is 0.862 bits per heavy atom. The summed E-state index contributed by atoms with van der Waals surface area (Å²) < 4.78 is 0. The Morgan fingerprint density at radius 1 is 0.379 bits per heavy atom. The zero-order chi connectivity index (χ0) is 38.5. The SMILES string of the molecule is Cc1ccc(-c2nc(-c3ccc(C)cc3)nc(-c3cc(-c4ccc5c(c4)C4(c6ccccc6-5)C5CC6CC(C5)CC4C6)cc(-c4ccc5ccccc5c4)c3)n2)cc1. The van der Waals surface area contributed by atoms with Gasteiger partial charge in [0.05, 0.1) is 0 Å². The van der Waals surface area contributed by atoms with Crippen LogP contribution in [0.2, 0.25) is 0 Å². The van der Waals surface area contributed by atoms with E-state index < -0.39 is 0 Å². The Morgan fingerprint density at radius 3 is 1.50 bits per heavy atom. The van der Waals surface area contributed by atoms with Crippen molar-refractivity contribution in [1.29, 1.82) is 0 Å². The van der Waals surface area contributed by atoms with Gasteiger partial charge in [-0.15, -0.1) is 0 Å². The second-order valence-corrected chi connectivity index (χ2v) is 17.9. The van der Waals surface area contributed by atoms with Gasteiger partial charge in [0.1, 0.15) is 0 Å². The summed E-state index contributed by atoms with van der Waals surface area (Å²) in [6.07, 6.45) is 6.95. The first-order valence-electron chi connectivity index (χ1n) is 21.3. The molecule has 0 radical (unpaired) electrons. The van der Waals surface area contributed by atoms with E-state index in [1.807, 2.05) is 0 Å². The summed E-state index contributed by atoms with van der Waals surface area (Å²) in [6, 6.07) is 56.3. The van der Waals surface area contributed by atoms with Crippen LogP contribution in [0.15, 0.2) is 152 Å². The minimum Gasteiger partial charge on any atom is -0.208 e. The number of hydrogen-bond acceptors (Lipinski definition) is 3. The van der Waals surface area contributed by atoms with Crippen LogP contribution in [0.1, 0.15) is 54.4 Å². The predicted molar refractivity (Wildman–Crippen MR) is 237 cm³/mol. The lowest BCUT2D eigenvalue weighted by atomic mass is 9.43. The monoisotopic (exact) mass is 747 g/mol. The van der Waals surface area contributed by atoms with E-state index in [1.54, 1.807) is 11.1 Å². The summed E-state index contributed by atoms with van der Waals surface area (Å²) >= 11 is 0. The molecule has 0 amide bonds. The number of fused-ring (bicyclic) bond motifs is 4. The summed E-state index contributed by atoms with van der Waals surface area (Å²) in [5.74, 6) is 5.27.